The van der Waals surface area contributed by atoms with Crippen molar-refractivity contribution in [2.24, 2.45) is 11.3 Å². The van der Waals surface area contributed by atoms with E-state index in [9.17, 15) is 4.79 Å². The lowest BCUT2D eigenvalue weighted by Gasteiger charge is -2.22. The van der Waals surface area contributed by atoms with E-state index in [1.165, 1.54) is 12.8 Å². The summed E-state index contributed by atoms with van der Waals surface area (Å²) in [6.45, 7) is 9.96. The molecule has 0 aromatic carbocycles. The van der Waals surface area contributed by atoms with Crippen molar-refractivity contribution in [1.82, 2.24) is 5.32 Å². The normalized spacial score (nSPS) is 19.6. The average molecular weight is 227 g/mol. The van der Waals surface area contributed by atoms with Crippen molar-refractivity contribution in [2.45, 2.75) is 53.0 Å². The Kier molecular flexibility index (Phi) is 4.78. The van der Waals surface area contributed by atoms with Gasteiger partial charge in [-0.1, -0.05) is 13.8 Å². The van der Waals surface area contributed by atoms with E-state index in [-0.39, 0.29) is 12.0 Å². The number of carbonyl (C=O) groups is 1. The van der Waals surface area contributed by atoms with Crippen LogP contribution in [-0.4, -0.2) is 25.2 Å². The van der Waals surface area contributed by atoms with Gasteiger partial charge < -0.3 is 10.1 Å². The van der Waals surface area contributed by atoms with Crippen molar-refractivity contribution in [3.05, 3.63) is 0 Å². The molecule has 0 heterocycles. The lowest BCUT2D eigenvalue weighted by Crippen LogP contribution is -2.35. The van der Waals surface area contributed by atoms with Crippen LogP contribution in [0.3, 0.4) is 0 Å². The third-order valence-corrected chi connectivity index (χ3v) is 3.70. The van der Waals surface area contributed by atoms with Gasteiger partial charge in [-0.05, 0) is 38.0 Å². The zero-order valence-corrected chi connectivity index (χ0v) is 11.0. The van der Waals surface area contributed by atoms with Gasteiger partial charge in [0.15, 0.2) is 0 Å². The first-order valence-corrected chi connectivity index (χ1v) is 6.39. The quantitative estimate of drug-likeness (QED) is 0.678. The van der Waals surface area contributed by atoms with E-state index in [1.807, 2.05) is 13.8 Å². The molecule has 0 amide bonds. The molecule has 0 radical (unpaired) electrons. The second-order valence-electron chi connectivity index (χ2n) is 5.31. The lowest BCUT2D eigenvalue weighted by molar-refractivity contribution is -0.143. The number of esters is 1. The zero-order valence-electron chi connectivity index (χ0n) is 11.0. The second kappa shape index (κ2) is 5.67. The summed E-state index contributed by atoms with van der Waals surface area (Å²) < 4.78 is 4.93. The van der Waals surface area contributed by atoms with Crippen LogP contribution in [0.15, 0.2) is 0 Å². The van der Waals surface area contributed by atoms with Crippen LogP contribution in [0.4, 0.5) is 0 Å². The minimum atomic E-state index is -0.100. The molecule has 3 heteroatoms. The molecule has 1 unspecified atom stereocenters. The Morgan fingerprint density at radius 3 is 2.44 bits per heavy atom. The first-order valence-electron chi connectivity index (χ1n) is 6.39. The van der Waals surface area contributed by atoms with Crippen LogP contribution in [0, 0.1) is 11.3 Å². The number of nitrogens with one attached hydrogen (secondary N) is 1. The van der Waals surface area contributed by atoms with Crippen LogP contribution in [0.25, 0.3) is 0 Å². The molecule has 0 bridgehead atoms. The maximum Gasteiger partial charge on any atom is 0.307 e. The lowest BCUT2D eigenvalue weighted by atomic mass is 9.92. The van der Waals surface area contributed by atoms with Crippen molar-refractivity contribution >= 4 is 5.97 Å². The van der Waals surface area contributed by atoms with Crippen molar-refractivity contribution in [1.29, 1.82) is 0 Å². The summed E-state index contributed by atoms with van der Waals surface area (Å²) in [5, 5.41) is 3.46. The van der Waals surface area contributed by atoms with Crippen molar-refractivity contribution in [2.75, 3.05) is 13.2 Å². The van der Waals surface area contributed by atoms with Crippen LogP contribution in [0.2, 0.25) is 0 Å². The topological polar surface area (TPSA) is 38.3 Å². The molecule has 0 aliphatic heterocycles. The molecule has 1 fully saturated rings. The minimum Gasteiger partial charge on any atom is -0.466 e. The predicted molar refractivity (Wildman–Crippen MR) is 65.2 cm³/mol. The smallest absolute Gasteiger partial charge is 0.307 e. The summed E-state index contributed by atoms with van der Waals surface area (Å²) in [6, 6.07) is 0.218. The van der Waals surface area contributed by atoms with Gasteiger partial charge >= 0.3 is 5.97 Å². The van der Waals surface area contributed by atoms with E-state index in [0.29, 0.717) is 18.4 Å². The van der Waals surface area contributed by atoms with E-state index in [4.69, 9.17) is 4.74 Å². The number of rotatable bonds is 7. The van der Waals surface area contributed by atoms with Crippen molar-refractivity contribution in [3.8, 4) is 0 Å². The van der Waals surface area contributed by atoms with Crippen LogP contribution in [0.1, 0.15) is 47.0 Å². The highest BCUT2D eigenvalue weighted by Crippen LogP contribution is 2.51. The summed E-state index contributed by atoms with van der Waals surface area (Å²) in [5.74, 6) is 0.631. The summed E-state index contributed by atoms with van der Waals surface area (Å²) in [6.07, 6.45) is 3.12. The highest BCUT2D eigenvalue weighted by Gasteiger charge is 2.44. The number of hydrogen-bond donors (Lipinski definition) is 1. The molecule has 3 nitrogen and oxygen atoms in total. The summed E-state index contributed by atoms with van der Waals surface area (Å²) in [4.78, 5) is 11.3. The van der Waals surface area contributed by atoms with E-state index in [1.54, 1.807) is 0 Å². The SMILES string of the molecule is CCOC(=O)CC(C)NCC1(C(C)C)CC1. The summed E-state index contributed by atoms with van der Waals surface area (Å²) in [5.41, 5.74) is 0.503. The molecule has 1 atom stereocenters. The molecule has 94 valence electrons. The second-order valence-corrected chi connectivity index (χ2v) is 5.31. The molecule has 16 heavy (non-hydrogen) atoms. The van der Waals surface area contributed by atoms with Crippen molar-refractivity contribution in [3.63, 3.8) is 0 Å². The van der Waals surface area contributed by atoms with Gasteiger partial charge in [0.1, 0.15) is 0 Å². The Morgan fingerprint density at radius 2 is 2.00 bits per heavy atom. The van der Waals surface area contributed by atoms with E-state index < -0.39 is 0 Å². The Hall–Kier alpha value is -0.570. The Morgan fingerprint density at radius 1 is 1.38 bits per heavy atom. The molecule has 0 spiro atoms. The van der Waals surface area contributed by atoms with Crippen LogP contribution >= 0.6 is 0 Å². The Balaban J connectivity index is 2.20. The molecule has 0 saturated heterocycles. The van der Waals surface area contributed by atoms with E-state index in [2.05, 4.69) is 19.2 Å². The maximum absolute atomic E-state index is 11.3. The van der Waals surface area contributed by atoms with Gasteiger partial charge in [0.2, 0.25) is 0 Å². The average Bonchev–Trinajstić information content (AvgIpc) is 2.95. The predicted octanol–water partition coefficient (Wildman–Crippen LogP) is 2.35. The third-order valence-electron chi connectivity index (χ3n) is 3.70. The van der Waals surface area contributed by atoms with Crippen LogP contribution in [-0.2, 0) is 9.53 Å². The minimum absolute atomic E-state index is 0.100. The molecule has 0 aromatic heterocycles. The highest BCUT2D eigenvalue weighted by molar-refractivity contribution is 5.69. The van der Waals surface area contributed by atoms with Crippen LogP contribution < -0.4 is 5.32 Å². The molecule has 1 aliphatic rings. The van der Waals surface area contributed by atoms with E-state index in [0.717, 1.165) is 12.5 Å². The molecule has 1 N–H and O–H groups in total. The molecule has 1 rings (SSSR count). The van der Waals surface area contributed by atoms with Crippen LogP contribution in [0.5, 0.6) is 0 Å². The van der Waals surface area contributed by atoms with Gasteiger partial charge in [-0.2, -0.15) is 0 Å². The number of ether oxygens (including phenoxy) is 1. The first kappa shape index (κ1) is 13.5. The standard InChI is InChI=1S/C13H25NO2/c1-5-16-12(15)8-11(4)14-9-13(6-7-13)10(2)3/h10-11,14H,5-9H2,1-4H3. The molecule has 0 aromatic rings. The molecule has 1 aliphatic carbocycles. The summed E-state index contributed by atoms with van der Waals surface area (Å²) >= 11 is 0. The van der Waals surface area contributed by atoms with Crippen molar-refractivity contribution < 1.29 is 9.53 Å². The van der Waals surface area contributed by atoms with E-state index >= 15 is 0 Å². The first-order chi connectivity index (χ1) is 7.50. The molecule has 1 saturated carbocycles. The fourth-order valence-corrected chi connectivity index (χ4v) is 2.04. The Bertz CT molecular complexity index is 234. The molecular weight excluding hydrogens is 202 g/mol. The number of hydrogen-bond acceptors (Lipinski definition) is 3. The fourth-order valence-electron chi connectivity index (χ4n) is 2.04. The van der Waals surface area contributed by atoms with Gasteiger partial charge in [0.05, 0.1) is 13.0 Å². The molecular formula is C13H25NO2. The Labute approximate surface area is 98.9 Å². The summed E-state index contributed by atoms with van der Waals surface area (Å²) in [7, 11) is 0. The van der Waals surface area contributed by atoms with Gasteiger partial charge in [-0.25, -0.2) is 0 Å². The monoisotopic (exact) mass is 227 g/mol. The maximum atomic E-state index is 11.3. The van der Waals surface area contributed by atoms with Gasteiger partial charge in [0, 0.05) is 12.6 Å². The zero-order chi connectivity index (χ0) is 12.2. The highest BCUT2D eigenvalue weighted by atomic mass is 16.5. The third kappa shape index (κ3) is 3.78. The van der Waals surface area contributed by atoms with Gasteiger partial charge in [0.25, 0.3) is 0 Å². The number of carbonyl (C=O) groups excluding carboxylic acids is 1. The van der Waals surface area contributed by atoms with Gasteiger partial charge in [-0.3, -0.25) is 4.79 Å². The largest absolute Gasteiger partial charge is 0.466 e. The van der Waals surface area contributed by atoms with Gasteiger partial charge in [-0.15, -0.1) is 0 Å². The fraction of sp³-hybridized carbons (Fsp3) is 0.923.